The minimum atomic E-state index is -0.848. The Hall–Kier alpha value is -1.92. The molecule has 144 valence electrons. The van der Waals surface area contributed by atoms with Gasteiger partial charge in [-0.05, 0) is 42.0 Å². The van der Waals surface area contributed by atoms with Crippen molar-refractivity contribution >= 4 is 34.8 Å². The van der Waals surface area contributed by atoms with Gasteiger partial charge in [-0.3, -0.25) is 9.59 Å². The molecule has 2 aromatic rings. The third-order valence-corrected chi connectivity index (χ3v) is 5.88. The molecule has 0 radical (unpaired) electrons. The van der Waals surface area contributed by atoms with Crippen molar-refractivity contribution in [1.82, 2.24) is 10.2 Å². The van der Waals surface area contributed by atoms with Crippen molar-refractivity contribution in [1.29, 1.82) is 0 Å². The fraction of sp³-hybridized carbons (Fsp3) is 0.400. The van der Waals surface area contributed by atoms with Crippen LogP contribution in [0.25, 0.3) is 0 Å². The van der Waals surface area contributed by atoms with Gasteiger partial charge in [0.25, 0.3) is 0 Å². The Morgan fingerprint density at radius 1 is 1.22 bits per heavy atom. The number of nitrogens with zero attached hydrogens (tertiary/aromatic N) is 1. The summed E-state index contributed by atoms with van der Waals surface area (Å²) in [5.41, 5.74) is 0.571. The van der Waals surface area contributed by atoms with Gasteiger partial charge >= 0.3 is 0 Å². The Bertz CT molecular complexity index is 761. The molecule has 27 heavy (non-hydrogen) atoms. The van der Waals surface area contributed by atoms with Gasteiger partial charge in [0.05, 0.1) is 6.54 Å². The number of thiophene rings is 1. The Morgan fingerprint density at radius 2 is 1.93 bits per heavy atom. The lowest BCUT2D eigenvalue weighted by Gasteiger charge is -2.31. The van der Waals surface area contributed by atoms with Gasteiger partial charge in [0.1, 0.15) is 17.7 Å². The van der Waals surface area contributed by atoms with E-state index < -0.39 is 6.04 Å². The molecule has 0 aliphatic heterocycles. The molecule has 1 saturated carbocycles. The van der Waals surface area contributed by atoms with E-state index in [2.05, 4.69) is 5.32 Å². The molecular formula is C20H22ClFN2O2S. The summed E-state index contributed by atoms with van der Waals surface area (Å²) < 4.78 is 13.4. The Kier molecular flexibility index (Phi) is 6.85. The fourth-order valence-corrected chi connectivity index (χ4v) is 4.30. The number of rotatable bonds is 7. The summed E-state index contributed by atoms with van der Waals surface area (Å²) in [5.74, 6) is -1.19. The number of halogens is 2. The van der Waals surface area contributed by atoms with Gasteiger partial charge in [-0.15, -0.1) is 22.9 Å². The zero-order valence-electron chi connectivity index (χ0n) is 14.9. The highest BCUT2D eigenvalue weighted by molar-refractivity contribution is 7.09. The fourth-order valence-electron chi connectivity index (χ4n) is 3.44. The number of benzene rings is 1. The van der Waals surface area contributed by atoms with Crippen LogP contribution in [-0.4, -0.2) is 28.6 Å². The number of carbonyl (C=O) groups excluding carboxylic acids is 2. The van der Waals surface area contributed by atoms with Crippen LogP contribution >= 0.6 is 22.9 Å². The van der Waals surface area contributed by atoms with Crippen LogP contribution in [-0.2, 0) is 16.1 Å². The van der Waals surface area contributed by atoms with Crippen LogP contribution in [0.1, 0.15) is 42.2 Å². The van der Waals surface area contributed by atoms with Crippen LogP contribution in [0.5, 0.6) is 0 Å². The molecule has 1 aliphatic carbocycles. The Labute approximate surface area is 167 Å². The molecule has 1 atom stereocenters. The third-order valence-electron chi connectivity index (χ3n) is 4.79. The van der Waals surface area contributed by atoms with E-state index in [-0.39, 0.29) is 36.1 Å². The van der Waals surface area contributed by atoms with Crippen molar-refractivity contribution in [2.24, 2.45) is 0 Å². The quantitative estimate of drug-likeness (QED) is 0.696. The molecule has 1 aromatic heterocycles. The molecule has 3 rings (SSSR count). The maximum absolute atomic E-state index is 13.4. The number of alkyl halides is 1. The van der Waals surface area contributed by atoms with E-state index in [0.717, 1.165) is 30.6 Å². The van der Waals surface area contributed by atoms with Crippen molar-refractivity contribution in [2.75, 3.05) is 5.88 Å². The van der Waals surface area contributed by atoms with E-state index in [1.54, 1.807) is 12.1 Å². The zero-order chi connectivity index (χ0) is 19.2. The largest absolute Gasteiger partial charge is 0.351 e. The molecule has 1 N–H and O–H groups in total. The molecule has 0 unspecified atom stereocenters. The molecule has 1 fully saturated rings. The van der Waals surface area contributed by atoms with E-state index in [4.69, 9.17) is 11.6 Å². The zero-order valence-corrected chi connectivity index (χ0v) is 16.4. The summed E-state index contributed by atoms with van der Waals surface area (Å²) in [6.45, 7) is 0.281. The number of carbonyl (C=O) groups is 2. The van der Waals surface area contributed by atoms with Gasteiger partial charge in [0, 0.05) is 10.9 Å². The summed E-state index contributed by atoms with van der Waals surface area (Å²) >= 11 is 7.35. The van der Waals surface area contributed by atoms with Crippen molar-refractivity contribution in [3.63, 3.8) is 0 Å². The molecule has 1 aromatic carbocycles. The van der Waals surface area contributed by atoms with Crippen LogP contribution in [0.2, 0.25) is 0 Å². The average molecular weight is 409 g/mol. The minimum absolute atomic E-state index is 0.120. The number of hydrogen-bond donors (Lipinski definition) is 1. The summed E-state index contributed by atoms with van der Waals surface area (Å²) in [5, 5.41) is 4.99. The third kappa shape index (κ3) is 5.08. The van der Waals surface area contributed by atoms with Gasteiger partial charge in [-0.25, -0.2) is 4.39 Å². The minimum Gasteiger partial charge on any atom is -0.351 e. The van der Waals surface area contributed by atoms with Crippen molar-refractivity contribution in [3.8, 4) is 0 Å². The monoisotopic (exact) mass is 408 g/mol. The lowest BCUT2D eigenvalue weighted by atomic mass is 10.0. The summed E-state index contributed by atoms with van der Waals surface area (Å²) in [6, 6.07) is 8.80. The van der Waals surface area contributed by atoms with Gasteiger partial charge in [-0.2, -0.15) is 0 Å². The van der Waals surface area contributed by atoms with Crippen LogP contribution in [0, 0.1) is 5.82 Å². The van der Waals surface area contributed by atoms with E-state index in [1.807, 2.05) is 17.5 Å². The predicted octanol–water partition coefficient (Wildman–Crippen LogP) is 4.25. The number of amides is 2. The van der Waals surface area contributed by atoms with Crippen LogP contribution in [0.4, 0.5) is 4.39 Å². The molecule has 0 saturated heterocycles. The highest BCUT2D eigenvalue weighted by Crippen LogP contribution is 2.27. The first kappa shape index (κ1) is 19.8. The smallest absolute Gasteiger partial charge is 0.247 e. The molecule has 2 amide bonds. The van der Waals surface area contributed by atoms with Crippen molar-refractivity contribution < 1.29 is 14.0 Å². The number of hydrogen-bond acceptors (Lipinski definition) is 3. The molecule has 1 aliphatic rings. The lowest BCUT2D eigenvalue weighted by Crippen LogP contribution is -2.46. The van der Waals surface area contributed by atoms with Crippen molar-refractivity contribution in [2.45, 2.75) is 44.3 Å². The first-order valence-corrected chi connectivity index (χ1v) is 10.4. The second-order valence-electron chi connectivity index (χ2n) is 6.68. The van der Waals surface area contributed by atoms with Crippen LogP contribution in [0.15, 0.2) is 41.8 Å². The highest BCUT2D eigenvalue weighted by Gasteiger charge is 2.33. The van der Waals surface area contributed by atoms with Crippen LogP contribution in [0.3, 0.4) is 0 Å². The average Bonchev–Trinajstić information content (AvgIpc) is 3.36. The summed E-state index contributed by atoms with van der Waals surface area (Å²) in [7, 11) is 0. The van der Waals surface area contributed by atoms with Gasteiger partial charge in [0.2, 0.25) is 11.8 Å². The lowest BCUT2D eigenvalue weighted by molar-refractivity contribution is -0.140. The standard InChI is InChI=1S/C20H22ClFN2O2S/c21-12-18(25)24(13-17-6-3-11-27-17)19(14-7-9-15(22)10-8-14)20(26)23-16-4-1-2-5-16/h3,6-11,16,19H,1-2,4-5,12-13H2,(H,23,26)/t19-/m1/s1. The molecular weight excluding hydrogens is 387 g/mol. The van der Waals surface area contributed by atoms with Crippen LogP contribution < -0.4 is 5.32 Å². The maximum Gasteiger partial charge on any atom is 0.247 e. The maximum atomic E-state index is 13.4. The Balaban J connectivity index is 1.92. The Morgan fingerprint density at radius 3 is 2.52 bits per heavy atom. The van der Waals surface area contributed by atoms with Gasteiger partial charge in [-0.1, -0.05) is 31.0 Å². The topological polar surface area (TPSA) is 49.4 Å². The first-order valence-electron chi connectivity index (χ1n) is 9.02. The molecule has 7 heteroatoms. The first-order chi connectivity index (χ1) is 13.1. The predicted molar refractivity (Wildman–Crippen MR) is 105 cm³/mol. The molecule has 4 nitrogen and oxygen atoms in total. The van der Waals surface area contributed by atoms with Crippen molar-refractivity contribution in [3.05, 3.63) is 58.0 Å². The molecule has 0 spiro atoms. The molecule has 1 heterocycles. The van der Waals surface area contributed by atoms with E-state index >= 15 is 0 Å². The normalized spacial score (nSPS) is 15.5. The SMILES string of the molecule is O=C(NC1CCCC1)[C@@H](c1ccc(F)cc1)N(Cc1cccs1)C(=O)CCl. The summed E-state index contributed by atoms with van der Waals surface area (Å²) in [4.78, 5) is 28.2. The van der Waals surface area contributed by atoms with Gasteiger partial charge < -0.3 is 10.2 Å². The second-order valence-corrected chi connectivity index (χ2v) is 7.98. The highest BCUT2D eigenvalue weighted by atomic mass is 35.5. The van der Waals surface area contributed by atoms with E-state index in [1.165, 1.54) is 28.4 Å². The van der Waals surface area contributed by atoms with E-state index in [9.17, 15) is 14.0 Å². The van der Waals surface area contributed by atoms with Gasteiger partial charge in [0.15, 0.2) is 0 Å². The summed E-state index contributed by atoms with van der Waals surface area (Å²) in [6.07, 6.45) is 4.06. The molecule has 0 bridgehead atoms. The second kappa shape index (κ2) is 9.33. The van der Waals surface area contributed by atoms with E-state index in [0.29, 0.717) is 5.56 Å². The number of nitrogens with one attached hydrogen (secondary N) is 1.